The molecule has 0 aliphatic heterocycles. The Bertz CT molecular complexity index is 215. The van der Waals surface area contributed by atoms with Crippen LogP contribution in [0.4, 0.5) is 0 Å². The van der Waals surface area contributed by atoms with Gasteiger partial charge in [-0.2, -0.15) is 0 Å². The molecule has 10 heavy (non-hydrogen) atoms. The van der Waals surface area contributed by atoms with E-state index in [1.807, 2.05) is 24.3 Å². The van der Waals surface area contributed by atoms with Crippen LogP contribution in [0.5, 0.6) is 0 Å². The van der Waals surface area contributed by atoms with Gasteiger partial charge in [-0.05, 0) is 0 Å². The van der Waals surface area contributed by atoms with E-state index in [-0.39, 0.29) is 0 Å². The average molecular weight is 132 g/mol. The molecule has 0 aliphatic rings. The standard InChI is InChI=1S/C8H9BO/c1-2-7-3-5-8(9-10)6-4-7/h3-6H,2H2,1H3. The van der Waals surface area contributed by atoms with Crippen LogP contribution in [0.25, 0.3) is 0 Å². The first-order valence-corrected chi connectivity index (χ1v) is 3.41. The Morgan fingerprint density at radius 2 is 1.90 bits per heavy atom. The first-order chi connectivity index (χ1) is 4.86. The van der Waals surface area contributed by atoms with E-state index in [0.29, 0.717) is 0 Å². The second kappa shape index (κ2) is 3.30. The zero-order chi connectivity index (χ0) is 7.40. The van der Waals surface area contributed by atoms with E-state index in [2.05, 4.69) is 6.92 Å². The fourth-order valence-corrected chi connectivity index (χ4v) is 0.832. The molecule has 2 heteroatoms. The molecule has 0 atom stereocenters. The van der Waals surface area contributed by atoms with Gasteiger partial charge in [-0.1, -0.05) is 0 Å². The Morgan fingerprint density at radius 1 is 1.30 bits per heavy atom. The predicted octanol–water partition coefficient (Wildman–Crippen LogP) is 0.924. The minimum atomic E-state index is 0.747. The van der Waals surface area contributed by atoms with Crippen molar-refractivity contribution in [2.24, 2.45) is 0 Å². The van der Waals surface area contributed by atoms with Crippen LogP contribution >= 0.6 is 0 Å². The second-order valence-corrected chi connectivity index (χ2v) is 2.21. The summed E-state index contributed by atoms with van der Waals surface area (Å²) < 4.78 is 10.2. The summed E-state index contributed by atoms with van der Waals surface area (Å²) in [5.74, 6) is 0. The van der Waals surface area contributed by atoms with E-state index in [1.54, 1.807) is 0 Å². The Labute approximate surface area is 61.3 Å². The molecule has 0 spiro atoms. The number of hydrogen-bond donors (Lipinski definition) is 0. The van der Waals surface area contributed by atoms with E-state index >= 15 is 0 Å². The van der Waals surface area contributed by atoms with Gasteiger partial charge in [-0.25, -0.2) is 0 Å². The van der Waals surface area contributed by atoms with Gasteiger partial charge in [0.05, 0.1) is 0 Å². The summed E-state index contributed by atoms with van der Waals surface area (Å²) >= 11 is 0. The van der Waals surface area contributed by atoms with Gasteiger partial charge in [0.1, 0.15) is 0 Å². The molecule has 1 rings (SSSR count). The number of rotatable bonds is 2. The minimum absolute atomic E-state index is 0.747. The van der Waals surface area contributed by atoms with Crippen LogP contribution in [0.3, 0.4) is 0 Å². The van der Waals surface area contributed by atoms with Gasteiger partial charge >= 0.3 is 60.5 Å². The average Bonchev–Trinajstić information content (AvgIpc) is 2.05. The molecule has 0 unspecified atom stereocenters. The topological polar surface area (TPSA) is 17.1 Å². The predicted molar refractivity (Wildman–Crippen MR) is 41.9 cm³/mol. The zero-order valence-corrected chi connectivity index (χ0v) is 6.00. The Kier molecular flexibility index (Phi) is 2.38. The van der Waals surface area contributed by atoms with Crippen LogP contribution < -0.4 is 5.46 Å². The van der Waals surface area contributed by atoms with E-state index < -0.39 is 0 Å². The van der Waals surface area contributed by atoms with E-state index in [0.717, 1.165) is 19.0 Å². The first-order valence-electron chi connectivity index (χ1n) is 3.41. The van der Waals surface area contributed by atoms with Crippen molar-refractivity contribution in [3.05, 3.63) is 29.8 Å². The summed E-state index contributed by atoms with van der Waals surface area (Å²) in [6, 6.07) is 7.63. The monoisotopic (exact) mass is 132 g/mol. The van der Waals surface area contributed by atoms with Gasteiger partial charge in [0.15, 0.2) is 0 Å². The maximum atomic E-state index is 10.2. The third-order valence-electron chi connectivity index (χ3n) is 1.52. The van der Waals surface area contributed by atoms with Gasteiger partial charge in [-0.3, -0.25) is 0 Å². The SMILES string of the molecule is CCc1ccc(B=O)cc1. The summed E-state index contributed by atoms with van der Waals surface area (Å²) in [7, 11) is 0.861. The summed E-state index contributed by atoms with van der Waals surface area (Å²) in [5, 5.41) is 0. The molecular weight excluding hydrogens is 123 g/mol. The molecule has 0 aromatic heterocycles. The molecule has 50 valence electrons. The quantitative estimate of drug-likeness (QED) is 0.547. The molecule has 1 nitrogen and oxygen atoms in total. The molecule has 0 saturated heterocycles. The number of benzene rings is 1. The number of aryl methyl sites for hydroxylation is 1. The fourth-order valence-electron chi connectivity index (χ4n) is 0.832. The van der Waals surface area contributed by atoms with Gasteiger partial charge in [-0.15, -0.1) is 0 Å². The van der Waals surface area contributed by atoms with E-state index in [1.165, 1.54) is 5.56 Å². The maximum absolute atomic E-state index is 10.2. The molecule has 0 heterocycles. The van der Waals surface area contributed by atoms with Gasteiger partial charge in [0, 0.05) is 0 Å². The summed E-state index contributed by atoms with van der Waals surface area (Å²) in [5.41, 5.74) is 2.02. The van der Waals surface area contributed by atoms with Gasteiger partial charge in [0.2, 0.25) is 0 Å². The molecule has 0 saturated carbocycles. The summed E-state index contributed by atoms with van der Waals surface area (Å²) in [6.07, 6.45) is 1.03. The van der Waals surface area contributed by atoms with Crippen LogP contribution in [-0.2, 0) is 11.1 Å². The van der Waals surface area contributed by atoms with Gasteiger partial charge < -0.3 is 0 Å². The second-order valence-electron chi connectivity index (χ2n) is 2.21. The van der Waals surface area contributed by atoms with Crippen molar-refractivity contribution in [1.29, 1.82) is 0 Å². The van der Waals surface area contributed by atoms with Crippen molar-refractivity contribution >= 4 is 12.6 Å². The van der Waals surface area contributed by atoms with E-state index in [4.69, 9.17) is 0 Å². The molecule has 0 amide bonds. The molecule has 1 aromatic carbocycles. The molecule has 0 N–H and O–H groups in total. The molecular formula is C8H9BO. The normalized spacial score (nSPS) is 8.90. The van der Waals surface area contributed by atoms with Gasteiger partial charge in [0.25, 0.3) is 0 Å². The Hall–Kier alpha value is -0.915. The number of hydrogen-bond acceptors (Lipinski definition) is 1. The Balaban J connectivity index is 2.90. The van der Waals surface area contributed by atoms with Crippen molar-refractivity contribution in [2.45, 2.75) is 13.3 Å². The van der Waals surface area contributed by atoms with Crippen LogP contribution in [0.1, 0.15) is 12.5 Å². The van der Waals surface area contributed by atoms with Crippen molar-refractivity contribution in [1.82, 2.24) is 0 Å². The van der Waals surface area contributed by atoms with Crippen molar-refractivity contribution < 1.29 is 4.70 Å². The Morgan fingerprint density at radius 3 is 2.30 bits per heavy atom. The first kappa shape index (κ1) is 7.20. The van der Waals surface area contributed by atoms with Crippen LogP contribution in [0.2, 0.25) is 0 Å². The zero-order valence-electron chi connectivity index (χ0n) is 6.00. The molecule has 0 bridgehead atoms. The molecule has 0 fully saturated rings. The fraction of sp³-hybridized carbons (Fsp3) is 0.250. The summed E-state index contributed by atoms with van der Waals surface area (Å²) in [6.45, 7) is 2.09. The van der Waals surface area contributed by atoms with Crippen LogP contribution in [0, 0.1) is 0 Å². The van der Waals surface area contributed by atoms with Crippen molar-refractivity contribution in [3.8, 4) is 0 Å². The third-order valence-corrected chi connectivity index (χ3v) is 1.52. The van der Waals surface area contributed by atoms with E-state index in [9.17, 15) is 4.70 Å². The van der Waals surface area contributed by atoms with Crippen molar-refractivity contribution in [3.63, 3.8) is 0 Å². The summed E-state index contributed by atoms with van der Waals surface area (Å²) in [4.78, 5) is 0. The molecule has 0 radical (unpaired) electrons. The van der Waals surface area contributed by atoms with Crippen LogP contribution in [-0.4, -0.2) is 7.15 Å². The molecule has 1 aromatic rings. The third kappa shape index (κ3) is 1.53. The molecule has 0 aliphatic carbocycles. The van der Waals surface area contributed by atoms with Crippen LogP contribution in [0.15, 0.2) is 24.3 Å². The van der Waals surface area contributed by atoms with Crippen molar-refractivity contribution in [2.75, 3.05) is 0 Å².